The Balaban J connectivity index is 1.82. The number of aryl methyl sites for hydroxylation is 1. The molecule has 3 rings (SSSR count). The molecule has 0 aromatic heterocycles. The number of carbonyl (C=O) groups excluding carboxylic acids is 1. The highest BCUT2D eigenvalue weighted by Crippen LogP contribution is 2.28. The highest BCUT2D eigenvalue weighted by atomic mass is 79.9. The lowest BCUT2D eigenvalue weighted by Crippen LogP contribution is -2.32. The van der Waals surface area contributed by atoms with Crippen molar-refractivity contribution in [2.24, 2.45) is 5.73 Å². The van der Waals surface area contributed by atoms with Gasteiger partial charge in [0.15, 0.2) is 0 Å². The largest absolute Gasteiger partial charge is 0.336 e. The summed E-state index contributed by atoms with van der Waals surface area (Å²) < 4.78 is 0.921. The lowest BCUT2D eigenvalue weighted by molar-refractivity contribution is 0.0788. The Kier molecular flexibility index (Phi) is 4.32. The van der Waals surface area contributed by atoms with Gasteiger partial charge in [0.1, 0.15) is 0 Å². The minimum atomic E-state index is -0.0150. The summed E-state index contributed by atoms with van der Waals surface area (Å²) in [5.41, 5.74) is 9.22. The Hall–Kier alpha value is -1.65. The number of nitrogens with zero attached hydrogens (tertiary/aromatic N) is 1. The summed E-state index contributed by atoms with van der Waals surface area (Å²) in [5.74, 6) is 0.269. The predicted octanol–water partition coefficient (Wildman–Crippen LogP) is 3.32. The second kappa shape index (κ2) is 6.23. The second-order valence-electron chi connectivity index (χ2n) is 5.85. The van der Waals surface area contributed by atoms with E-state index in [0.29, 0.717) is 13.1 Å². The number of hydrogen-bond donors (Lipinski definition) is 1. The number of likely N-dealkylation sites (tertiary alicyclic amines) is 1. The van der Waals surface area contributed by atoms with Gasteiger partial charge in [0.25, 0.3) is 5.91 Å². The molecule has 1 amide bonds. The smallest absolute Gasteiger partial charge is 0.254 e. The zero-order chi connectivity index (χ0) is 15.7. The molecule has 0 unspecified atom stereocenters. The van der Waals surface area contributed by atoms with Crippen LogP contribution in [0.5, 0.6) is 0 Å². The van der Waals surface area contributed by atoms with Crippen molar-refractivity contribution in [2.75, 3.05) is 13.1 Å². The monoisotopic (exact) mass is 358 g/mol. The minimum absolute atomic E-state index is 0.0150. The highest BCUT2D eigenvalue weighted by molar-refractivity contribution is 9.10. The van der Waals surface area contributed by atoms with Crippen molar-refractivity contribution in [2.45, 2.75) is 18.9 Å². The van der Waals surface area contributed by atoms with Crippen LogP contribution in [0.2, 0.25) is 0 Å². The maximum Gasteiger partial charge on any atom is 0.254 e. The van der Waals surface area contributed by atoms with Crippen LogP contribution < -0.4 is 5.73 Å². The van der Waals surface area contributed by atoms with Crippen LogP contribution in [-0.2, 0) is 0 Å². The maximum atomic E-state index is 12.8. The van der Waals surface area contributed by atoms with Gasteiger partial charge in [0.05, 0.1) is 0 Å². The molecule has 114 valence electrons. The molecule has 22 heavy (non-hydrogen) atoms. The van der Waals surface area contributed by atoms with Gasteiger partial charge in [0, 0.05) is 35.1 Å². The molecule has 1 aliphatic rings. The van der Waals surface area contributed by atoms with E-state index >= 15 is 0 Å². The molecule has 3 nitrogen and oxygen atoms in total. The molecule has 0 saturated carbocycles. The number of rotatable bonds is 2. The first-order valence-corrected chi connectivity index (χ1v) is 8.21. The fourth-order valence-electron chi connectivity index (χ4n) is 3.04. The molecule has 0 aliphatic carbocycles. The van der Waals surface area contributed by atoms with Gasteiger partial charge in [-0.25, -0.2) is 0 Å². The third-order valence-corrected chi connectivity index (χ3v) is 4.80. The van der Waals surface area contributed by atoms with Crippen LogP contribution in [0.4, 0.5) is 0 Å². The number of hydrogen-bond acceptors (Lipinski definition) is 2. The summed E-state index contributed by atoms with van der Waals surface area (Å²) in [7, 11) is 0. The lowest BCUT2D eigenvalue weighted by Gasteiger charge is -2.18. The van der Waals surface area contributed by atoms with Crippen molar-refractivity contribution in [3.63, 3.8) is 0 Å². The quantitative estimate of drug-likeness (QED) is 0.894. The van der Waals surface area contributed by atoms with E-state index in [1.807, 2.05) is 48.2 Å². The van der Waals surface area contributed by atoms with Crippen LogP contribution >= 0.6 is 15.9 Å². The van der Waals surface area contributed by atoms with Gasteiger partial charge in [-0.2, -0.15) is 0 Å². The Bertz CT molecular complexity index is 687. The molecule has 1 heterocycles. The van der Waals surface area contributed by atoms with Gasteiger partial charge in [0.2, 0.25) is 0 Å². The Labute approximate surface area is 139 Å². The van der Waals surface area contributed by atoms with Crippen molar-refractivity contribution in [3.05, 3.63) is 69.7 Å². The molecular formula is C18H19BrN2O. The number of amides is 1. The molecule has 0 radical (unpaired) electrons. The molecule has 2 aromatic carbocycles. The van der Waals surface area contributed by atoms with Crippen molar-refractivity contribution in [3.8, 4) is 0 Å². The molecule has 1 fully saturated rings. The third-order valence-electron chi connectivity index (χ3n) is 4.31. The van der Waals surface area contributed by atoms with E-state index in [0.717, 1.165) is 15.6 Å². The minimum Gasteiger partial charge on any atom is -0.336 e. The molecule has 1 aliphatic heterocycles. The van der Waals surface area contributed by atoms with Crippen LogP contribution in [0.3, 0.4) is 0 Å². The first-order chi connectivity index (χ1) is 10.6. The Morgan fingerprint density at radius 3 is 2.64 bits per heavy atom. The Morgan fingerprint density at radius 2 is 1.91 bits per heavy atom. The SMILES string of the molecule is Cc1ccc(Br)cc1C(=O)N1C[C@@H](N)[C@H](c2ccccc2)C1. The molecule has 2 aromatic rings. The Morgan fingerprint density at radius 1 is 1.18 bits per heavy atom. The van der Waals surface area contributed by atoms with Crippen LogP contribution in [0.25, 0.3) is 0 Å². The maximum absolute atomic E-state index is 12.8. The van der Waals surface area contributed by atoms with Crippen molar-refractivity contribution >= 4 is 21.8 Å². The standard InChI is InChI=1S/C18H19BrN2O/c1-12-7-8-14(19)9-15(12)18(22)21-10-16(17(20)11-21)13-5-3-2-4-6-13/h2-9,16-17H,10-11,20H2,1H3/t16-,17+/m0/s1. The number of carbonyl (C=O) groups is 1. The summed E-state index contributed by atoms with van der Waals surface area (Å²) in [4.78, 5) is 14.7. The average molecular weight is 359 g/mol. The van der Waals surface area contributed by atoms with E-state index in [9.17, 15) is 4.79 Å². The van der Waals surface area contributed by atoms with E-state index in [1.54, 1.807) is 0 Å². The van der Waals surface area contributed by atoms with Crippen LogP contribution in [0.1, 0.15) is 27.4 Å². The molecule has 2 atom stereocenters. The van der Waals surface area contributed by atoms with E-state index in [4.69, 9.17) is 5.73 Å². The van der Waals surface area contributed by atoms with Crippen LogP contribution in [0, 0.1) is 6.92 Å². The second-order valence-corrected chi connectivity index (χ2v) is 6.77. The molecule has 4 heteroatoms. The van der Waals surface area contributed by atoms with Gasteiger partial charge >= 0.3 is 0 Å². The zero-order valence-corrected chi connectivity index (χ0v) is 14.1. The summed E-state index contributed by atoms with van der Waals surface area (Å²) >= 11 is 3.44. The molecule has 1 saturated heterocycles. The predicted molar refractivity (Wildman–Crippen MR) is 91.9 cm³/mol. The number of benzene rings is 2. The summed E-state index contributed by atoms with van der Waals surface area (Å²) in [6.45, 7) is 3.24. The van der Waals surface area contributed by atoms with Crippen LogP contribution in [0.15, 0.2) is 53.0 Å². The van der Waals surface area contributed by atoms with Gasteiger partial charge in [-0.3, -0.25) is 4.79 Å². The van der Waals surface area contributed by atoms with E-state index in [-0.39, 0.29) is 17.9 Å². The number of halogens is 1. The van der Waals surface area contributed by atoms with Crippen molar-refractivity contribution in [1.29, 1.82) is 0 Å². The van der Waals surface area contributed by atoms with E-state index < -0.39 is 0 Å². The van der Waals surface area contributed by atoms with Crippen LogP contribution in [-0.4, -0.2) is 29.9 Å². The normalized spacial score (nSPS) is 21.1. The van der Waals surface area contributed by atoms with Crippen molar-refractivity contribution in [1.82, 2.24) is 4.90 Å². The first-order valence-electron chi connectivity index (χ1n) is 7.42. The average Bonchev–Trinajstić information content (AvgIpc) is 2.92. The van der Waals surface area contributed by atoms with Crippen molar-refractivity contribution < 1.29 is 4.79 Å². The fraction of sp³-hybridized carbons (Fsp3) is 0.278. The summed E-state index contributed by atoms with van der Waals surface area (Å²) in [6, 6.07) is 16.0. The van der Waals surface area contributed by atoms with Gasteiger partial charge in [-0.15, -0.1) is 0 Å². The third kappa shape index (κ3) is 2.94. The molecule has 2 N–H and O–H groups in total. The van der Waals surface area contributed by atoms with Gasteiger partial charge < -0.3 is 10.6 Å². The van der Waals surface area contributed by atoms with Gasteiger partial charge in [-0.1, -0.05) is 52.3 Å². The van der Waals surface area contributed by atoms with Gasteiger partial charge in [-0.05, 0) is 30.2 Å². The fourth-order valence-corrected chi connectivity index (χ4v) is 3.40. The molecular weight excluding hydrogens is 340 g/mol. The zero-order valence-electron chi connectivity index (χ0n) is 12.5. The highest BCUT2D eigenvalue weighted by Gasteiger charge is 2.34. The molecule has 0 spiro atoms. The van der Waals surface area contributed by atoms with E-state index in [2.05, 4.69) is 28.1 Å². The lowest BCUT2D eigenvalue weighted by atomic mass is 9.95. The first kappa shape index (κ1) is 15.3. The molecule has 0 bridgehead atoms. The topological polar surface area (TPSA) is 46.3 Å². The number of nitrogens with two attached hydrogens (primary N) is 1. The summed E-state index contributed by atoms with van der Waals surface area (Å²) in [6.07, 6.45) is 0. The summed E-state index contributed by atoms with van der Waals surface area (Å²) in [5, 5.41) is 0. The van der Waals surface area contributed by atoms with E-state index in [1.165, 1.54) is 5.56 Å².